The summed E-state index contributed by atoms with van der Waals surface area (Å²) in [6.07, 6.45) is 24.4. The smallest absolute Gasteiger partial charge is 0.337 e. The first-order chi connectivity index (χ1) is 64.5. The van der Waals surface area contributed by atoms with Gasteiger partial charge in [-0.15, -0.1) is 0 Å². The number of esters is 1. The Hall–Kier alpha value is -14.2. The number of methoxy groups -OCH3 is 1. The number of carbonyl (C=O) groups excluding carboxylic acids is 4. The van der Waals surface area contributed by atoms with Gasteiger partial charge in [0.2, 0.25) is 0 Å². The molecule has 5 aliphatic heterocycles. The Balaban J connectivity index is 0.000000108. The Morgan fingerprint density at radius 3 is 1.11 bits per heavy atom. The van der Waals surface area contributed by atoms with Crippen LogP contribution in [-0.4, -0.2) is 154 Å². The zero-order chi connectivity index (χ0) is 91.6. The van der Waals surface area contributed by atoms with Crippen LogP contribution in [0.4, 0.5) is 29.1 Å². The van der Waals surface area contributed by atoms with Crippen LogP contribution in [0, 0.1) is 5.92 Å². The Labute approximate surface area is 768 Å². The Bertz CT molecular complexity index is 7520. The Morgan fingerprint density at radius 1 is 0.398 bits per heavy atom. The van der Waals surface area contributed by atoms with E-state index < -0.39 is 0 Å². The fourth-order valence-electron chi connectivity index (χ4n) is 21.6. The molecule has 24 rings (SSSR count). The molecule has 0 unspecified atom stereocenters. The molecule has 18 heterocycles. The highest BCUT2D eigenvalue weighted by Gasteiger charge is 2.36. The van der Waals surface area contributed by atoms with Gasteiger partial charge in [0.1, 0.15) is 71.2 Å². The number of aromatic nitrogens is 18. The van der Waals surface area contributed by atoms with Gasteiger partial charge >= 0.3 is 5.97 Å². The lowest BCUT2D eigenvalue weighted by Crippen LogP contribution is -2.32. The highest BCUT2D eigenvalue weighted by atomic mass is 16.5. The third kappa shape index (κ3) is 15.3. The fraction of sp³-hybridized carbons (Fsp3) is 0.382. The van der Waals surface area contributed by atoms with Crippen LogP contribution in [-0.2, 0) is 63.1 Å². The minimum atomic E-state index is -0.328. The maximum Gasteiger partial charge on any atom is 0.337 e. The van der Waals surface area contributed by atoms with Gasteiger partial charge in [-0.2, -0.15) is 5.10 Å². The molecule has 133 heavy (non-hydrogen) atoms. The van der Waals surface area contributed by atoms with E-state index in [2.05, 4.69) is 194 Å². The molecular formula is C102H114N26O5. The second kappa shape index (κ2) is 34.5. The number of anilines is 5. The largest absolute Gasteiger partial charge is 0.465 e. The van der Waals surface area contributed by atoms with E-state index in [4.69, 9.17) is 27.7 Å². The van der Waals surface area contributed by atoms with Gasteiger partial charge in [-0.3, -0.25) is 19.1 Å². The number of nitrogens with zero attached hydrogens (tertiary/aromatic N) is 19. The molecular weight excluding hydrogens is 1670 g/mol. The van der Waals surface area contributed by atoms with E-state index in [0.717, 1.165) is 254 Å². The highest BCUT2D eigenvalue weighted by Crippen LogP contribution is 2.49. The number of benzene rings is 4. The average molecular weight is 1780 g/mol. The molecule has 31 heteroatoms. The van der Waals surface area contributed by atoms with Gasteiger partial charge in [0, 0.05) is 187 Å². The van der Waals surface area contributed by atoms with Gasteiger partial charge in [-0.1, -0.05) is 30.7 Å². The summed E-state index contributed by atoms with van der Waals surface area (Å²) in [7, 11) is 1.40. The summed E-state index contributed by atoms with van der Waals surface area (Å²) in [5, 5.41) is 21.9. The van der Waals surface area contributed by atoms with Gasteiger partial charge in [0.25, 0.3) is 17.7 Å². The Kier molecular flexibility index (Phi) is 22.2. The van der Waals surface area contributed by atoms with Crippen LogP contribution in [0.2, 0.25) is 0 Å². The van der Waals surface area contributed by atoms with Crippen LogP contribution in [0.25, 0.3) is 133 Å². The lowest BCUT2D eigenvalue weighted by molar-refractivity contribution is 0.0600. The third-order valence-electron chi connectivity index (χ3n) is 27.9. The van der Waals surface area contributed by atoms with Crippen LogP contribution in [0.3, 0.4) is 0 Å². The van der Waals surface area contributed by atoms with Crippen molar-refractivity contribution in [3.63, 3.8) is 0 Å². The van der Waals surface area contributed by atoms with Crippen molar-refractivity contribution in [3.05, 3.63) is 180 Å². The van der Waals surface area contributed by atoms with Gasteiger partial charge in [-0.25, -0.2) is 44.7 Å². The van der Waals surface area contributed by atoms with Crippen molar-refractivity contribution in [2.45, 2.75) is 215 Å². The molecule has 682 valence electrons. The molecule has 3 amide bonds. The molecule has 2 aliphatic carbocycles. The number of nitrogens with two attached hydrogens (primary N) is 4. The summed E-state index contributed by atoms with van der Waals surface area (Å²) in [4.78, 5) is 88.9. The quantitative estimate of drug-likeness (QED) is 0.0469. The molecule has 2 saturated carbocycles. The zero-order valence-electron chi connectivity index (χ0n) is 77.0. The summed E-state index contributed by atoms with van der Waals surface area (Å²) in [6, 6.07) is 35.8. The molecule has 3 fully saturated rings. The monoisotopic (exact) mass is 1780 g/mol. The molecule has 1 saturated heterocycles. The maximum atomic E-state index is 13.3. The fourth-order valence-corrected chi connectivity index (χ4v) is 21.6. The lowest BCUT2D eigenvalue weighted by Gasteiger charge is -2.26. The lowest BCUT2D eigenvalue weighted by atomic mass is 10.1. The first-order valence-corrected chi connectivity index (χ1v) is 47.4. The predicted molar refractivity (Wildman–Crippen MR) is 524 cm³/mol. The maximum absolute atomic E-state index is 13.3. The average Bonchev–Trinajstić information content (AvgIpc) is 1.58. The van der Waals surface area contributed by atoms with E-state index in [1.807, 2.05) is 77.6 Å². The summed E-state index contributed by atoms with van der Waals surface area (Å²) >= 11 is 0. The zero-order valence-corrected chi connectivity index (χ0v) is 77.0. The number of likely N-dealkylation sites (tertiary alicyclic amines) is 1. The number of piperidine rings is 1. The summed E-state index contributed by atoms with van der Waals surface area (Å²) in [5.41, 5.74) is 50.0. The molecule has 0 bridgehead atoms. The molecule has 0 spiro atoms. The molecule has 31 nitrogen and oxygen atoms in total. The van der Waals surface area contributed by atoms with Crippen molar-refractivity contribution in [1.29, 1.82) is 0 Å². The normalized spacial score (nSPS) is 15.3. The van der Waals surface area contributed by atoms with E-state index in [1.165, 1.54) is 81.4 Å². The molecule has 4 aromatic carbocycles. The van der Waals surface area contributed by atoms with E-state index in [1.54, 1.807) is 19.0 Å². The van der Waals surface area contributed by atoms with Crippen molar-refractivity contribution in [3.8, 4) is 45.0 Å². The number of hydrogen-bond donors (Lipinski definition) is 7. The number of ether oxygens (including phenoxy) is 1. The van der Waals surface area contributed by atoms with Crippen molar-refractivity contribution in [1.82, 2.24) is 102 Å². The van der Waals surface area contributed by atoms with E-state index >= 15 is 0 Å². The molecule has 0 radical (unpaired) electrons. The minimum absolute atomic E-state index is 0.0118. The van der Waals surface area contributed by atoms with Crippen molar-refractivity contribution in [2.24, 2.45) is 5.92 Å². The number of fused-ring (bicyclic) bond motifs is 28. The highest BCUT2D eigenvalue weighted by molar-refractivity contribution is 6.11. The Morgan fingerprint density at radius 2 is 0.752 bits per heavy atom. The first kappa shape index (κ1) is 85.5. The summed E-state index contributed by atoms with van der Waals surface area (Å²) in [6.45, 7) is 25.9. The second-order valence-electron chi connectivity index (χ2n) is 37.9. The first-order valence-electron chi connectivity index (χ1n) is 47.4. The SMILES string of the molecule is CC(C)n1c2c(c3c(N)ncnc31)-c1cc3ccc(C(=O)NC4CC4)cc3n1CCC2.CC(C)n1c2c(c3c(N)ncnc31)-c1cc3ccc(C(=O)NCC4CC4)cc3n1CCC2.CC(C)n1c2c(c3c(N)ncnc31)-c1cc3ccc(C(=O)Nc4ccn(CCN5CCCCC5)n4)cc3n1CCC2.COC(=O)c1ccc2cc3n(c2c1)CCCc1c-3c2c(N)ncnc2n1C(C)C. The number of nitrogens with one attached hydrogen (secondary N) is 3. The van der Waals surface area contributed by atoms with Crippen LogP contribution in [0.1, 0.15) is 214 Å². The summed E-state index contributed by atoms with van der Waals surface area (Å²) < 4.78 is 25.3. The number of carbonyl (C=O) groups is 4. The number of nitrogen functional groups attached to an aromatic ring is 4. The third-order valence-corrected chi connectivity index (χ3v) is 27.9. The van der Waals surface area contributed by atoms with Crippen molar-refractivity contribution < 1.29 is 23.9 Å². The molecule has 0 atom stereocenters. The molecule has 11 N–H and O–H groups in total. The summed E-state index contributed by atoms with van der Waals surface area (Å²) in [5.74, 6) is 2.81. The number of hydrogen-bond acceptors (Lipinski definition) is 19. The van der Waals surface area contributed by atoms with Crippen molar-refractivity contribution >= 4 is 141 Å². The van der Waals surface area contributed by atoms with Crippen molar-refractivity contribution in [2.75, 3.05) is 61.5 Å². The standard InChI is InChI=1S/C31H37N9O.C25H28N6O.C24H26N6O.C22H23N5O2/c1-20(2)40-23-7-6-13-39-24-18-22(9-8-21(24)17-25(39)27(23)28-29(32)33-19-34-30(28)40)31(41)35-26-10-14-38(36-26)16-15-37-11-4-3-5-12-37;1-14(2)31-18-4-3-9-30-19-11-17(25(32)27-12-15-5-6-15)8-7-16(19)10-20(30)21(18)22-23(26)28-13-29-24(22)31;1-13(2)30-17-4-3-9-29-18-11-15(24(31)28-16-7-8-16)6-5-14(18)10-19(29)20(17)21-22(25)26-12-27-23(21)30;1-12(2)27-15-5-4-8-26-16-10-14(22(28)29-3)7-6-13(16)9-17(26)18(15)19-20(23)24-11-25-21(19)27/h8-10,14,17-20H,3-7,11-13,15-16H2,1-2H3,(H2,32,33,34)(H,35,36,41);7-8,10-11,13-15H,3-6,9,12H2,1-2H3,(H,27,32)(H2,26,28,29);5-6,10-13,16H,3-4,7-9H2,1-2H3,(H,28,31)(H2,25,26,27);6-7,9-12H,4-5,8H2,1-3H3,(H2,23,24,25). The van der Waals surface area contributed by atoms with Gasteiger partial charge in [0.15, 0.2) is 5.82 Å². The number of aryl methyl sites for hydroxylation is 4. The van der Waals surface area contributed by atoms with Crippen LogP contribution in [0.5, 0.6) is 0 Å². The van der Waals surface area contributed by atoms with Crippen LogP contribution < -0.4 is 38.9 Å². The number of rotatable bonds is 15. The van der Waals surface area contributed by atoms with E-state index in [-0.39, 0.29) is 47.9 Å². The van der Waals surface area contributed by atoms with Gasteiger partial charge in [-0.05, 0) is 237 Å². The van der Waals surface area contributed by atoms with E-state index in [9.17, 15) is 19.2 Å². The molecule has 7 aliphatic rings. The predicted octanol–water partition coefficient (Wildman–Crippen LogP) is 17.4. The molecule has 13 aromatic heterocycles. The van der Waals surface area contributed by atoms with Crippen LogP contribution >= 0.6 is 0 Å². The topological polar surface area (TPSA) is 381 Å². The minimum Gasteiger partial charge on any atom is -0.465 e. The second-order valence-corrected chi connectivity index (χ2v) is 37.9. The van der Waals surface area contributed by atoms with Crippen LogP contribution in [0.15, 0.2) is 135 Å². The van der Waals surface area contributed by atoms with Gasteiger partial charge < -0.3 is 85.1 Å². The number of amides is 3. The van der Waals surface area contributed by atoms with E-state index in [0.29, 0.717) is 52.2 Å². The van der Waals surface area contributed by atoms with Gasteiger partial charge in [0.05, 0.1) is 63.5 Å². The molecule has 17 aromatic rings.